The van der Waals surface area contributed by atoms with E-state index in [1.807, 2.05) is 43.9 Å². The number of aryl methyl sites for hydroxylation is 1. The molecule has 0 N–H and O–H groups in total. The van der Waals surface area contributed by atoms with Crippen LogP contribution in [0.2, 0.25) is 0 Å². The van der Waals surface area contributed by atoms with E-state index in [-0.39, 0.29) is 12.1 Å². The van der Waals surface area contributed by atoms with Gasteiger partial charge in [-0.05, 0) is 56.2 Å². The van der Waals surface area contributed by atoms with Gasteiger partial charge in [0.25, 0.3) is 0 Å². The molecule has 2 aliphatic heterocycles. The zero-order chi connectivity index (χ0) is 19.7. The average Bonchev–Trinajstić information content (AvgIpc) is 3.21. The van der Waals surface area contributed by atoms with Crippen LogP contribution in [-0.4, -0.2) is 40.1 Å². The molecule has 0 unspecified atom stereocenters. The van der Waals surface area contributed by atoms with Crippen molar-refractivity contribution in [2.75, 3.05) is 19.8 Å². The molecule has 1 fully saturated rings. The molecule has 6 heteroatoms. The number of pyridine rings is 1. The first kappa shape index (κ1) is 19.1. The standard InChI is InChI=1S/C22H27N3O2S/c1-5-26-18-11-14(3)16(12-19(18)27-6-2)21-20(17-9-7-8-10-23-17)24-22-25(21)13-15(4)28-22/h7-12,15,20-21H,5-6,13H2,1-4H3/t15-,20-,21-/m1/s1. The van der Waals surface area contributed by atoms with E-state index in [0.717, 1.165) is 28.9 Å². The van der Waals surface area contributed by atoms with Gasteiger partial charge < -0.3 is 14.4 Å². The predicted molar refractivity (Wildman–Crippen MR) is 114 cm³/mol. The number of hydrogen-bond acceptors (Lipinski definition) is 6. The van der Waals surface area contributed by atoms with Crippen LogP contribution in [0, 0.1) is 6.92 Å². The minimum absolute atomic E-state index is 0.0117. The van der Waals surface area contributed by atoms with Crippen molar-refractivity contribution in [3.8, 4) is 11.5 Å². The summed E-state index contributed by atoms with van der Waals surface area (Å²) >= 11 is 1.86. The van der Waals surface area contributed by atoms with E-state index >= 15 is 0 Å². The lowest BCUT2D eigenvalue weighted by Crippen LogP contribution is -2.29. The van der Waals surface area contributed by atoms with Crippen LogP contribution in [0.1, 0.15) is 49.7 Å². The molecule has 2 aromatic rings. The van der Waals surface area contributed by atoms with Crippen LogP contribution < -0.4 is 9.47 Å². The molecule has 2 aliphatic rings. The molecule has 148 valence electrons. The van der Waals surface area contributed by atoms with E-state index in [0.29, 0.717) is 18.5 Å². The van der Waals surface area contributed by atoms with Crippen LogP contribution in [0.3, 0.4) is 0 Å². The zero-order valence-electron chi connectivity index (χ0n) is 16.9. The Bertz CT molecular complexity index is 872. The predicted octanol–water partition coefficient (Wildman–Crippen LogP) is 4.78. The number of fused-ring (bicyclic) bond motifs is 1. The lowest BCUT2D eigenvalue weighted by molar-refractivity contribution is 0.283. The first-order chi connectivity index (χ1) is 13.6. The second-order valence-electron chi connectivity index (χ2n) is 7.16. The number of aliphatic imine (C=N–C) groups is 1. The molecular weight excluding hydrogens is 370 g/mol. The minimum atomic E-state index is -0.0117. The van der Waals surface area contributed by atoms with E-state index in [1.54, 1.807) is 0 Å². The maximum atomic E-state index is 5.92. The zero-order valence-corrected chi connectivity index (χ0v) is 17.7. The lowest BCUT2D eigenvalue weighted by atomic mass is 9.92. The highest BCUT2D eigenvalue weighted by atomic mass is 32.2. The summed E-state index contributed by atoms with van der Waals surface area (Å²) in [5.74, 6) is 1.61. The molecule has 0 amide bonds. The molecule has 5 nitrogen and oxygen atoms in total. The molecule has 1 saturated heterocycles. The first-order valence-corrected chi connectivity index (χ1v) is 10.8. The molecule has 0 radical (unpaired) electrons. The van der Waals surface area contributed by atoms with Crippen LogP contribution in [0.5, 0.6) is 11.5 Å². The Morgan fingerprint density at radius 1 is 1.14 bits per heavy atom. The van der Waals surface area contributed by atoms with Crippen molar-refractivity contribution in [3.63, 3.8) is 0 Å². The number of rotatable bonds is 6. The van der Waals surface area contributed by atoms with Gasteiger partial charge in [0.15, 0.2) is 16.7 Å². The molecule has 1 aromatic heterocycles. The number of hydrogen-bond donors (Lipinski definition) is 0. The second kappa shape index (κ2) is 8.03. The number of nitrogens with zero attached hydrogens (tertiary/aromatic N) is 3. The van der Waals surface area contributed by atoms with Crippen molar-refractivity contribution in [2.24, 2.45) is 4.99 Å². The lowest BCUT2D eigenvalue weighted by Gasteiger charge is -2.29. The van der Waals surface area contributed by atoms with Gasteiger partial charge in [-0.2, -0.15) is 0 Å². The summed E-state index contributed by atoms with van der Waals surface area (Å²) in [4.78, 5) is 12.1. The van der Waals surface area contributed by atoms with Crippen molar-refractivity contribution < 1.29 is 9.47 Å². The van der Waals surface area contributed by atoms with Gasteiger partial charge in [0.05, 0.1) is 24.9 Å². The van der Waals surface area contributed by atoms with Gasteiger partial charge >= 0.3 is 0 Å². The van der Waals surface area contributed by atoms with Crippen LogP contribution in [0.15, 0.2) is 41.5 Å². The summed E-state index contributed by atoms with van der Waals surface area (Å²) in [7, 11) is 0. The minimum Gasteiger partial charge on any atom is -0.490 e. The third-order valence-electron chi connectivity index (χ3n) is 5.13. The van der Waals surface area contributed by atoms with Gasteiger partial charge in [0.1, 0.15) is 6.04 Å². The Kier molecular flexibility index (Phi) is 5.49. The van der Waals surface area contributed by atoms with Crippen molar-refractivity contribution in [1.29, 1.82) is 0 Å². The van der Waals surface area contributed by atoms with E-state index in [4.69, 9.17) is 14.5 Å². The number of ether oxygens (including phenoxy) is 2. The van der Waals surface area contributed by atoms with Gasteiger partial charge in [-0.3, -0.25) is 9.98 Å². The summed E-state index contributed by atoms with van der Waals surface area (Å²) in [6, 6.07) is 10.4. The van der Waals surface area contributed by atoms with Crippen molar-refractivity contribution in [1.82, 2.24) is 9.88 Å². The number of thioether (sulfide) groups is 1. The maximum Gasteiger partial charge on any atom is 0.161 e. The quantitative estimate of drug-likeness (QED) is 0.702. The van der Waals surface area contributed by atoms with E-state index in [1.165, 1.54) is 11.1 Å². The van der Waals surface area contributed by atoms with Crippen LogP contribution in [0.4, 0.5) is 0 Å². The molecule has 0 spiro atoms. The normalized spacial score (nSPS) is 23.5. The fourth-order valence-corrected chi connectivity index (χ4v) is 5.08. The molecule has 0 saturated carbocycles. The molecule has 28 heavy (non-hydrogen) atoms. The maximum absolute atomic E-state index is 5.92. The molecule has 0 aliphatic carbocycles. The van der Waals surface area contributed by atoms with Gasteiger partial charge in [-0.15, -0.1) is 0 Å². The third-order valence-corrected chi connectivity index (χ3v) is 6.23. The Morgan fingerprint density at radius 2 is 1.89 bits per heavy atom. The summed E-state index contributed by atoms with van der Waals surface area (Å²) in [5.41, 5.74) is 3.43. The summed E-state index contributed by atoms with van der Waals surface area (Å²) < 4.78 is 11.7. The van der Waals surface area contributed by atoms with Crippen LogP contribution in [0.25, 0.3) is 0 Å². The summed E-state index contributed by atoms with van der Waals surface area (Å²) in [6.07, 6.45) is 1.85. The van der Waals surface area contributed by atoms with E-state index in [9.17, 15) is 0 Å². The smallest absolute Gasteiger partial charge is 0.161 e. The van der Waals surface area contributed by atoms with Crippen molar-refractivity contribution in [2.45, 2.75) is 45.0 Å². The average molecular weight is 398 g/mol. The van der Waals surface area contributed by atoms with Gasteiger partial charge in [0, 0.05) is 18.0 Å². The molecule has 1 aromatic carbocycles. The van der Waals surface area contributed by atoms with Crippen molar-refractivity contribution in [3.05, 3.63) is 53.3 Å². The van der Waals surface area contributed by atoms with Gasteiger partial charge in [0.2, 0.25) is 0 Å². The summed E-state index contributed by atoms with van der Waals surface area (Å²) in [5, 5.41) is 1.67. The molecule has 3 atom stereocenters. The van der Waals surface area contributed by atoms with Crippen molar-refractivity contribution >= 4 is 16.9 Å². The van der Waals surface area contributed by atoms with Gasteiger partial charge in [-0.1, -0.05) is 24.8 Å². The largest absolute Gasteiger partial charge is 0.490 e. The van der Waals surface area contributed by atoms with E-state index in [2.05, 4.69) is 41.9 Å². The highest BCUT2D eigenvalue weighted by Gasteiger charge is 2.44. The number of aromatic nitrogens is 1. The number of amidine groups is 1. The summed E-state index contributed by atoms with van der Waals surface area (Å²) in [6.45, 7) is 10.6. The Balaban J connectivity index is 1.79. The first-order valence-electron chi connectivity index (χ1n) is 9.94. The topological polar surface area (TPSA) is 47.0 Å². The Labute approximate surface area is 171 Å². The fraction of sp³-hybridized carbons (Fsp3) is 0.455. The second-order valence-corrected chi connectivity index (χ2v) is 8.56. The third kappa shape index (κ3) is 3.46. The SMILES string of the molecule is CCOc1cc(C)c([C@@H]2[C@@H](c3ccccn3)N=C3S[C@H](C)CN32)cc1OCC. The van der Waals surface area contributed by atoms with E-state index < -0.39 is 0 Å². The highest BCUT2D eigenvalue weighted by molar-refractivity contribution is 8.14. The monoisotopic (exact) mass is 397 g/mol. The fourth-order valence-electron chi connectivity index (χ4n) is 3.99. The highest BCUT2D eigenvalue weighted by Crippen LogP contribution is 2.49. The Morgan fingerprint density at radius 3 is 2.57 bits per heavy atom. The Hall–Kier alpha value is -2.21. The van der Waals surface area contributed by atoms with Gasteiger partial charge in [-0.25, -0.2) is 0 Å². The molecule has 4 rings (SSSR count). The molecule has 3 heterocycles. The molecule has 0 bridgehead atoms. The van der Waals surface area contributed by atoms with Crippen LogP contribution >= 0.6 is 11.8 Å². The molecular formula is C22H27N3O2S. The van der Waals surface area contributed by atoms with Crippen LogP contribution in [-0.2, 0) is 0 Å². The number of benzene rings is 1.